The van der Waals surface area contributed by atoms with Crippen LogP contribution in [0.5, 0.6) is 0 Å². The van der Waals surface area contributed by atoms with Crippen molar-refractivity contribution in [2.45, 2.75) is 25.7 Å². The van der Waals surface area contributed by atoms with Gasteiger partial charge in [0.2, 0.25) is 0 Å². The molecule has 1 N–H and O–H groups in total. The first kappa shape index (κ1) is 27.6. The van der Waals surface area contributed by atoms with Gasteiger partial charge in [-0.3, -0.25) is 0 Å². The minimum Gasteiger partial charge on any atom is -0.354 e. The molecule has 0 radical (unpaired) electrons. The molecule has 0 aliphatic heterocycles. The first-order valence-corrected chi connectivity index (χ1v) is 16.6. The largest absolute Gasteiger partial charge is 0.354 e. The van der Waals surface area contributed by atoms with Crippen LogP contribution in [-0.4, -0.2) is 4.98 Å². The third-order valence-electron chi connectivity index (χ3n) is 10.2. The minimum absolute atomic E-state index is 0.0471. The third-order valence-corrected chi connectivity index (χ3v) is 10.2. The SMILES string of the molecule is CC1(C)c2cc3ccccc3cc2-c2c(-c3cccc(/C=C/Cc4ccccc4-c4ccc5c(c4)[nH]c4ccccc45)c3)cccc21. The molecule has 9 rings (SSSR count). The summed E-state index contributed by atoms with van der Waals surface area (Å²) in [6.07, 6.45) is 5.44. The molecule has 0 amide bonds. The van der Waals surface area contributed by atoms with E-state index in [4.69, 9.17) is 0 Å². The van der Waals surface area contributed by atoms with Crippen molar-refractivity contribution in [1.82, 2.24) is 4.98 Å². The van der Waals surface area contributed by atoms with Crippen molar-refractivity contribution < 1.29 is 0 Å². The zero-order valence-corrected chi connectivity index (χ0v) is 26.7. The molecule has 0 unspecified atom stereocenters. The quantitative estimate of drug-likeness (QED) is 0.202. The average molecular weight is 602 g/mol. The number of allylic oxidation sites excluding steroid dienone is 1. The van der Waals surface area contributed by atoms with Crippen LogP contribution >= 0.6 is 0 Å². The molecule has 1 aliphatic rings. The monoisotopic (exact) mass is 601 g/mol. The van der Waals surface area contributed by atoms with E-state index >= 15 is 0 Å². The van der Waals surface area contributed by atoms with Gasteiger partial charge in [-0.25, -0.2) is 0 Å². The topological polar surface area (TPSA) is 15.8 Å². The van der Waals surface area contributed by atoms with Gasteiger partial charge in [-0.15, -0.1) is 0 Å². The van der Waals surface area contributed by atoms with E-state index in [0.29, 0.717) is 0 Å². The predicted molar refractivity (Wildman–Crippen MR) is 201 cm³/mol. The van der Waals surface area contributed by atoms with Crippen molar-refractivity contribution in [2.75, 3.05) is 0 Å². The maximum Gasteiger partial charge on any atom is 0.0471 e. The fourth-order valence-electron chi connectivity index (χ4n) is 7.85. The number of hydrogen-bond acceptors (Lipinski definition) is 0. The van der Waals surface area contributed by atoms with Crippen molar-refractivity contribution in [2.24, 2.45) is 0 Å². The molecule has 8 aromatic rings. The highest BCUT2D eigenvalue weighted by molar-refractivity contribution is 6.08. The molecule has 224 valence electrons. The summed E-state index contributed by atoms with van der Waals surface area (Å²) < 4.78 is 0. The molecule has 1 heteroatoms. The second kappa shape index (κ2) is 10.7. The average Bonchev–Trinajstić information content (AvgIpc) is 3.59. The lowest BCUT2D eigenvalue weighted by Crippen LogP contribution is -2.14. The highest BCUT2D eigenvalue weighted by Gasteiger charge is 2.37. The fraction of sp³-hybridized carbons (Fsp3) is 0.0870. The Morgan fingerprint density at radius 1 is 0.532 bits per heavy atom. The van der Waals surface area contributed by atoms with Gasteiger partial charge in [0, 0.05) is 27.2 Å². The van der Waals surface area contributed by atoms with E-state index in [2.05, 4.69) is 177 Å². The number of hydrogen-bond donors (Lipinski definition) is 1. The lowest BCUT2D eigenvalue weighted by molar-refractivity contribution is 0.661. The van der Waals surface area contributed by atoms with Gasteiger partial charge in [0.25, 0.3) is 0 Å². The number of rotatable bonds is 5. The van der Waals surface area contributed by atoms with Crippen molar-refractivity contribution >= 4 is 38.7 Å². The summed E-state index contributed by atoms with van der Waals surface area (Å²) in [5.74, 6) is 0. The van der Waals surface area contributed by atoms with Gasteiger partial charge in [0.15, 0.2) is 0 Å². The van der Waals surface area contributed by atoms with Crippen LogP contribution in [0.15, 0.2) is 152 Å². The van der Waals surface area contributed by atoms with Crippen LogP contribution in [-0.2, 0) is 11.8 Å². The molecule has 1 nitrogen and oxygen atoms in total. The molecular weight excluding hydrogens is 567 g/mol. The molecule has 0 saturated heterocycles. The highest BCUT2D eigenvalue weighted by atomic mass is 14.7. The van der Waals surface area contributed by atoms with E-state index in [1.165, 1.54) is 88.2 Å². The number of benzene rings is 7. The number of aromatic amines is 1. The predicted octanol–water partition coefficient (Wildman–Crippen LogP) is 12.4. The molecule has 1 aliphatic carbocycles. The van der Waals surface area contributed by atoms with Gasteiger partial charge in [-0.2, -0.15) is 0 Å². The third kappa shape index (κ3) is 4.54. The van der Waals surface area contributed by atoms with Crippen LogP contribution in [0.25, 0.3) is 72.0 Å². The van der Waals surface area contributed by atoms with Crippen LogP contribution in [0, 0.1) is 0 Å². The summed E-state index contributed by atoms with van der Waals surface area (Å²) in [6.45, 7) is 4.73. The summed E-state index contributed by atoms with van der Waals surface area (Å²) in [6, 6.07) is 53.5. The second-order valence-corrected chi connectivity index (χ2v) is 13.4. The maximum atomic E-state index is 3.61. The van der Waals surface area contributed by atoms with Crippen LogP contribution < -0.4 is 0 Å². The number of fused-ring (bicyclic) bond motifs is 7. The van der Waals surface area contributed by atoms with Gasteiger partial charge in [-0.1, -0.05) is 141 Å². The van der Waals surface area contributed by atoms with E-state index in [9.17, 15) is 0 Å². The van der Waals surface area contributed by atoms with E-state index in [1.807, 2.05) is 0 Å². The Morgan fingerprint density at radius 3 is 2.17 bits per heavy atom. The van der Waals surface area contributed by atoms with Crippen LogP contribution in [0.2, 0.25) is 0 Å². The number of para-hydroxylation sites is 1. The Balaban J connectivity index is 1.04. The summed E-state index contributed by atoms with van der Waals surface area (Å²) in [4.78, 5) is 3.61. The molecule has 1 aromatic heterocycles. The van der Waals surface area contributed by atoms with Crippen molar-refractivity contribution in [3.8, 4) is 33.4 Å². The summed E-state index contributed by atoms with van der Waals surface area (Å²) in [5.41, 5.74) is 15.5. The molecular formula is C46H35N. The zero-order valence-electron chi connectivity index (χ0n) is 26.7. The van der Waals surface area contributed by atoms with Gasteiger partial charge in [-0.05, 0) is 103 Å². The standard InChI is InChI=1S/C46H35N/c1-46(2)41-22-11-21-37(45(41)40-27-32-15-3-4-16-33(32)28-42(40)46)34-18-10-13-30(26-34)12-9-17-31-14-5-6-19-36(31)35-24-25-39-38-20-7-8-23-43(38)47-44(39)29-35/h3-16,18-29,47H,17H2,1-2H3/b12-9+. The van der Waals surface area contributed by atoms with Gasteiger partial charge in [0.05, 0.1) is 0 Å². The number of H-pyrrole nitrogens is 1. The number of aromatic nitrogens is 1. The maximum absolute atomic E-state index is 3.61. The smallest absolute Gasteiger partial charge is 0.0471 e. The Hall–Kier alpha value is -5.66. The molecule has 0 bridgehead atoms. The molecule has 0 fully saturated rings. The van der Waals surface area contributed by atoms with Crippen LogP contribution in [0.1, 0.15) is 36.1 Å². The minimum atomic E-state index is -0.0471. The molecule has 0 saturated carbocycles. The lowest BCUT2D eigenvalue weighted by Gasteiger charge is -2.22. The van der Waals surface area contributed by atoms with Crippen molar-refractivity contribution in [1.29, 1.82) is 0 Å². The van der Waals surface area contributed by atoms with E-state index in [-0.39, 0.29) is 5.41 Å². The van der Waals surface area contributed by atoms with Crippen molar-refractivity contribution in [3.05, 3.63) is 174 Å². The van der Waals surface area contributed by atoms with Gasteiger partial charge < -0.3 is 4.98 Å². The first-order valence-electron chi connectivity index (χ1n) is 16.6. The fourth-order valence-corrected chi connectivity index (χ4v) is 7.85. The van der Waals surface area contributed by atoms with Crippen LogP contribution in [0.3, 0.4) is 0 Å². The first-order chi connectivity index (χ1) is 23.0. The van der Waals surface area contributed by atoms with Gasteiger partial charge in [0.1, 0.15) is 0 Å². The summed E-state index contributed by atoms with van der Waals surface area (Å²) in [7, 11) is 0. The molecule has 47 heavy (non-hydrogen) atoms. The Morgan fingerprint density at radius 2 is 1.26 bits per heavy atom. The molecule has 7 aromatic carbocycles. The summed E-state index contributed by atoms with van der Waals surface area (Å²) >= 11 is 0. The van der Waals surface area contributed by atoms with E-state index in [1.54, 1.807) is 0 Å². The Bertz CT molecular complexity index is 2520. The van der Waals surface area contributed by atoms with Crippen LogP contribution in [0.4, 0.5) is 0 Å². The highest BCUT2D eigenvalue weighted by Crippen LogP contribution is 2.53. The zero-order chi connectivity index (χ0) is 31.5. The normalized spacial score (nSPS) is 13.5. The van der Waals surface area contributed by atoms with E-state index in [0.717, 1.165) is 6.42 Å². The second-order valence-electron chi connectivity index (χ2n) is 13.4. The molecule has 1 heterocycles. The van der Waals surface area contributed by atoms with E-state index < -0.39 is 0 Å². The Kier molecular flexibility index (Phi) is 6.30. The lowest BCUT2D eigenvalue weighted by atomic mass is 9.81. The molecule has 0 atom stereocenters. The Labute approximate surface area is 275 Å². The van der Waals surface area contributed by atoms with Gasteiger partial charge >= 0.3 is 0 Å². The number of nitrogens with one attached hydrogen (secondary N) is 1. The molecule has 0 spiro atoms. The summed E-state index contributed by atoms with van der Waals surface area (Å²) in [5, 5.41) is 5.14. The van der Waals surface area contributed by atoms with Crippen molar-refractivity contribution in [3.63, 3.8) is 0 Å².